The second kappa shape index (κ2) is 17.5. The minimum Gasteiger partial charge on any atom is -0.355 e. The van der Waals surface area contributed by atoms with Gasteiger partial charge in [-0.3, -0.25) is 0 Å². The monoisotopic (exact) mass is 440 g/mol. The summed E-state index contributed by atoms with van der Waals surface area (Å²) in [5, 5.41) is 0. The zero-order chi connectivity index (χ0) is 17.3. The number of hydrogen-bond acceptors (Lipinski definition) is 2. The molecule has 0 heterocycles. The van der Waals surface area contributed by atoms with Gasteiger partial charge in [0, 0.05) is 17.1 Å². The van der Waals surface area contributed by atoms with Gasteiger partial charge in [0.15, 0.2) is 0 Å². The van der Waals surface area contributed by atoms with E-state index in [1.165, 1.54) is 57.8 Å². The molecule has 3 heteroatoms. The fraction of sp³-hybridized carbons (Fsp3) is 1.00. The Balaban J connectivity index is 3.23. The van der Waals surface area contributed by atoms with E-state index in [4.69, 9.17) is 9.47 Å². The molecule has 0 N–H and O–H groups in total. The standard InChI is InChI=1S/C20H41IO2/c1-5-6-7-8-9-10-13-22-17-23-14-11-12-18(2)15-19(3)16-20(4)21/h18-20H,5-17H2,1-4H3. The van der Waals surface area contributed by atoms with Gasteiger partial charge in [0.1, 0.15) is 6.79 Å². The maximum atomic E-state index is 5.58. The Morgan fingerprint density at radius 2 is 1.35 bits per heavy atom. The number of halogens is 1. The van der Waals surface area contributed by atoms with Crippen LogP contribution in [-0.2, 0) is 9.47 Å². The number of unbranched alkanes of at least 4 members (excludes halogenated alkanes) is 5. The van der Waals surface area contributed by atoms with Gasteiger partial charge in [-0.05, 0) is 43.9 Å². The van der Waals surface area contributed by atoms with Crippen LogP contribution in [-0.4, -0.2) is 23.9 Å². The number of ether oxygens (including phenoxy) is 2. The van der Waals surface area contributed by atoms with Crippen LogP contribution in [0.4, 0.5) is 0 Å². The maximum Gasteiger partial charge on any atom is 0.146 e. The lowest BCUT2D eigenvalue weighted by atomic mass is 9.91. The normalized spacial score (nSPS) is 15.5. The Kier molecular flexibility index (Phi) is 18.0. The molecule has 0 saturated heterocycles. The molecule has 3 atom stereocenters. The van der Waals surface area contributed by atoms with Crippen LogP contribution in [0.1, 0.15) is 91.9 Å². The lowest BCUT2D eigenvalue weighted by Crippen LogP contribution is -2.08. The number of rotatable bonds is 17. The van der Waals surface area contributed by atoms with E-state index >= 15 is 0 Å². The van der Waals surface area contributed by atoms with Gasteiger partial charge < -0.3 is 9.47 Å². The topological polar surface area (TPSA) is 18.5 Å². The molecule has 0 aromatic heterocycles. The Morgan fingerprint density at radius 1 is 0.739 bits per heavy atom. The third-order valence-corrected chi connectivity index (χ3v) is 4.83. The van der Waals surface area contributed by atoms with E-state index in [-0.39, 0.29) is 0 Å². The lowest BCUT2D eigenvalue weighted by molar-refractivity contribution is -0.0561. The van der Waals surface area contributed by atoms with E-state index in [9.17, 15) is 0 Å². The van der Waals surface area contributed by atoms with Crippen LogP contribution >= 0.6 is 22.6 Å². The van der Waals surface area contributed by atoms with Crippen molar-refractivity contribution >= 4 is 22.6 Å². The Bertz CT molecular complexity index is 234. The maximum absolute atomic E-state index is 5.58. The van der Waals surface area contributed by atoms with E-state index in [0.717, 1.165) is 35.4 Å². The molecule has 0 saturated carbocycles. The fourth-order valence-corrected chi connectivity index (χ4v) is 4.02. The van der Waals surface area contributed by atoms with Crippen molar-refractivity contribution in [3.8, 4) is 0 Å². The highest BCUT2D eigenvalue weighted by atomic mass is 127. The molecule has 0 aromatic carbocycles. The fourth-order valence-electron chi connectivity index (χ4n) is 3.15. The minimum absolute atomic E-state index is 0.478. The van der Waals surface area contributed by atoms with Crippen LogP contribution in [0.2, 0.25) is 0 Å². The van der Waals surface area contributed by atoms with Gasteiger partial charge >= 0.3 is 0 Å². The quantitative estimate of drug-likeness (QED) is 0.105. The van der Waals surface area contributed by atoms with Crippen LogP contribution in [0.5, 0.6) is 0 Å². The number of alkyl halides is 1. The van der Waals surface area contributed by atoms with Gasteiger partial charge in [-0.1, -0.05) is 82.4 Å². The highest BCUT2D eigenvalue weighted by Gasteiger charge is 2.10. The van der Waals surface area contributed by atoms with Crippen molar-refractivity contribution in [2.24, 2.45) is 11.8 Å². The molecule has 0 aromatic rings. The molecule has 0 aliphatic carbocycles. The van der Waals surface area contributed by atoms with Gasteiger partial charge in [-0.25, -0.2) is 0 Å². The van der Waals surface area contributed by atoms with Crippen LogP contribution in [0.25, 0.3) is 0 Å². The third-order valence-electron chi connectivity index (χ3n) is 4.33. The van der Waals surface area contributed by atoms with Gasteiger partial charge in [0.2, 0.25) is 0 Å². The molecule has 23 heavy (non-hydrogen) atoms. The first-order valence-corrected chi connectivity index (χ1v) is 11.1. The first-order chi connectivity index (χ1) is 11.1. The van der Waals surface area contributed by atoms with E-state index in [1.807, 2.05) is 0 Å². The second-order valence-corrected chi connectivity index (χ2v) is 9.43. The van der Waals surface area contributed by atoms with Crippen LogP contribution in [0.15, 0.2) is 0 Å². The van der Waals surface area contributed by atoms with Gasteiger partial charge in [-0.2, -0.15) is 0 Å². The van der Waals surface area contributed by atoms with E-state index < -0.39 is 0 Å². The molecule has 0 fully saturated rings. The summed E-state index contributed by atoms with van der Waals surface area (Å²) in [5.41, 5.74) is 0. The summed E-state index contributed by atoms with van der Waals surface area (Å²) in [5.74, 6) is 1.66. The molecule has 0 radical (unpaired) electrons. The minimum atomic E-state index is 0.478. The molecule has 0 spiro atoms. The first-order valence-electron chi connectivity index (χ1n) is 9.85. The van der Waals surface area contributed by atoms with E-state index in [1.54, 1.807) is 0 Å². The zero-order valence-corrected chi connectivity index (χ0v) is 18.3. The largest absolute Gasteiger partial charge is 0.355 e. The highest BCUT2D eigenvalue weighted by Crippen LogP contribution is 2.22. The molecule has 0 aliphatic rings. The molecule has 2 nitrogen and oxygen atoms in total. The smallest absolute Gasteiger partial charge is 0.146 e. The SMILES string of the molecule is CCCCCCCCOCOCCCC(C)CC(C)CC(C)I. The van der Waals surface area contributed by atoms with Crippen molar-refractivity contribution in [2.45, 2.75) is 95.8 Å². The van der Waals surface area contributed by atoms with E-state index in [0.29, 0.717) is 6.79 Å². The Labute approximate surface area is 159 Å². The van der Waals surface area contributed by atoms with Crippen LogP contribution in [0.3, 0.4) is 0 Å². The van der Waals surface area contributed by atoms with Gasteiger partial charge in [-0.15, -0.1) is 0 Å². The molecule has 140 valence electrons. The van der Waals surface area contributed by atoms with E-state index in [2.05, 4.69) is 50.3 Å². The van der Waals surface area contributed by atoms with Crippen molar-refractivity contribution in [1.82, 2.24) is 0 Å². The van der Waals surface area contributed by atoms with Gasteiger partial charge in [0.05, 0.1) is 0 Å². The molecular formula is C20H41IO2. The third kappa shape index (κ3) is 18.8. The summed E-state index contributed by atoms with van der Waals surface area (Å²) >= 11 is 2.53. The lowest BCUT2D eigenvalue weighted by Gasteiger charge is -2.18. The average molecular weight is 440 g/mol. The second-order valence-electron chi connectivity index (χ2n) is 7.31. The Hall–Kier alpha value is 0.650. The molecule has 0 amide bonds. The average Bonchev–Trinajstić information content (AvgIpc) is 2.47. The highest BCUT2D eigenvalue weighted by molar-refractivity contribution is 14.1. The first kappa shape index (κ1) is 23.6. The summed E-state index contributed by atoms with van der Waals surface area (Å²) < 4.78 is 11.9. The van der Waals surface area contributed by atoms with Crippen molar-refractivity contribution < 1.29 is 9.47 Å². The summed E-state index contributed by atoms with van der Waals surface area (Å²) in [6.45, 7) is 11.5. The van der Waals surface area contributed by atoms with Crippen LogP contribution < -0.4 is 0 Å². The molecule has 3 unspecified atom stereocenters. The Morgan fingerprint density at radius 3 is 2.00 bits per heavy atom. The molecule has 0 aliphatic heterocycles. The predicted molar refractivity (Wildman–Crippen MR) is 110 cm³/mol. The predicted octanol–water partition coefficient (Wildman–Crippen LogP) is 6.99. The van der Waals surface area contributed by atoms with Crippen molar-refractivity contribution in [1.29, 1.82) is 0 Å². The summed E-state index contributed by atoms with van der Waals surface area (Å²) in [6, 6.07) is 0. The van der Waals surface area contributed by atoms with Crippen molar-refractivity contribution in [2.75, 3.05) is 20.0 Å². The number of hydrogen-bond donors (Lipinski definition) is 0. The molecule has 0 rings (SSSR count). The molecular weight excluding hydrogens is 399 g/mol. The summed E-state index contributed by atoms with van der Waals surface area (Å²) in [6.07, 6.45) is 13.0. The summed E-state index contributed by atoms with van der Waals surface area (Å²) in [4.78, 5) is 0. The van der Waals surface area contributed by atoms with Crippen molar-refractivity contribution in [3.63, 3.8) is 0 Å². The van der Waals surface area contributed by atoms with Gasteiger partial charge in [0.25, 0.3) is 0 Å². The molecule has 0 bridgehead atoms. The van der Waals surface area contributed by atoms with Crippen molar-refractivity contribution in [3.05, 3.63) is 0 Å². The zero-order valence-electron chi connectivity index (χ0n) is 16.1. The summed E-state index contributed by atoms with van der Waals surface area (Å²) in [7, 11) is 0. The van der Waals surface area contributed by atoms with Crippen LogP contribution in [0, 0.1) is 11.8 Å².